The third-order valence-corrected chi connectivity index (χ3v) is 0.295. The SMILES string of the molecule is CC[CH-]C#N.[Li+]. The molecular formula is C4H6LiN. The Morgan fingerprint density at radius 3 is 2.33 bits per heavy atom. The average Bonchev–Trinajstić information content (AvgIpc) is 1.41. The van der Waals surface area contributed by atoms with Crippen molar-refractivity contribution in [2.75, 3.05) is 0 Å². The van der Waals surface area contributed by atoms with Gasteiger partial charge in [-0.05, 0) is 0 Å². The molecule has 0 rings (SSSR count). The fraction of sp³-hybridized carbons (Fsp3) is 0.500. The molecule has 0 unspecified atom stereocenters. The summed E-state index contributed by atoms with van der Waals surface area (Å²) in [6.07, 6.45) is 2.41. The van der Waals surface area contributed by atoms with E-state index < -0.39 is 0 Å². The zero-order valence-electron chi connectivity index (χ0n) is 4.23. The molecule has 0 fully saturated rings. The van der Waals surface area contributed by atoms with Crippen molar-refractivity contribution in [2.45, 2.75) is 13.3 Å². The van der Waals surface area contributed by atoms with Gasteiger partial charge >= 0.3 is 18.9 Å². The third-order valence-electron chi connectivity index (χ3n) is 0.295. The number of hydrogen-bond acceptors (Lipinski definition) is 1. The van der Waals surface area contributed by atoms with Crippen molar-refractivity contribution >= 4 is 0 Å². The molecule has 0 spiro atoms. The molecule has 0 N–H and O–H groups in total. The number of hydrogen-bond donors (Lipinski definition) is 0. The molecule has 0 bridgehead atoms. The quantitative estimate of drug-likeness (QED) is 0.264. The molecule has 0 aromatic heterocycles. The molecule has 1 nitrogen and oxygen atoms in total. The Balaban J connectivity index is 0. The largest absolute Gasteiger partial charge is 1.00 e. The van der Waals surface area contributed by atoms with E-state index in [4.69, 9.17) is 5.26 Å². The Labute approximate surface area is 50.5 Å². The molecule has 0 aliphatic carbocycles. The van der Waals surface area contributed by atoms with E-state index in [0.717, 1.165) is 6.42 Å². The monoisotopic (exact) mass is 75.1 g/mol. The summed E-state index contributed by atoms with van der Waals surface area (Å²) in [5.74, 6) is 0. The van der Waals surface area contributed by atoms with E-state index in [0.29, 0.717) is 0 Å². The van der Waals surface area contributed by atoms with Crippen LogP contribution in [0.25, 0.3) is 0 Å². The van der Waals surface area contributed by atoms with Gasteiger partial charge in [0.1, 0.15) is 0 Å². The Kier molecular flexibility index (Phi) is 13.8. The smallest absolute Gasteiger partial charge is 0.291 e. The Bertz CT molecular complexity index is 46.0. The summed E-state index contributed by atoms with van der Waals surface area (Å²) >= 11 is 0. The summed E-state index contributed by atoms with van der Waals surface area (Å²) in [4.78, 5) is 0. The molecule has 0 aliphatic heterocycles. The first-order valence-corrected chi connectivity index (χ1v) is 1.63. The van der Waals surface area contributed by atoms with Crippen LogP contribution in [-0.4, -0.2) is 0 Å². The van der Waals surface area contributed by atoms with Crippen molar-refractivity contribution in [3.05, 3.63) is 6.42 Å². The molecule has 0 saturated heterocycles. The molecule has 0 saturated carbocycles. The van der Waals surface area contributed by atoms with Gasteiger partial charge in [0.2, 0.25) is 0 Å². The maximum Gasteiger partial charge on any atom is 1.00 e. The van der Waals surface area contributed by atoms with Crippen LogP contribution >= 0.6 is 0 Å². The summed E-state index contributed by atoms with van der Waals surface area (Å²) in [6.45, 7) is 1.93. The van der Waals surface area contributed by atoms with Gasteiger partial charge in [0.25, 0.3) is 0 Å². The first-order chi connectivity index (χ1) is 2.41. The van der Waals surface area contributed by atoms with Crippen LogP contribution in [0.4, 0.5) is 0 Å². The molecule has 0 radical (unpaired) electrons. The van der Waals surface area contributed by atoms with Crippen LogP contribution in [-0.2, 0) is 0 Å². The Morgan fingerprint density at radius 2 is 2.33 bits per heavy atom. The molecule has 0 aromatic rings. The number of nitriles is 1. The number of unbranched alkanes of at least 4 members (excludes halogenated alkanes) is 1. The second-order valence-electron chi connectivity index (χ2n) is 0.741. The van der Waals surface area contributed by atoms with Crippen LogP contribution in [0.3, 0.4) is 0 Å². The summed E-state index contributed by atoms with van der Waals surface area (Å²) in [7, 11) is 0. The number of rotatable bonds is 1. The van der Waals surface area contributed by atoms with Gasteiger partial charge in [-0.2, -0.15) is 6.42 Å². The first-order valence-electron chi connectivity index (χ1n) is 1.63. The molecule has 0 atom stereocenters. The Morgan fingerprint density at radius 1 is 1.83 bits per heavy atom. The predicted octanol–water partition coefficient (Wildman–Crippen LogP) is -1.87. The van der Waals surface area contributed by atoms with Crippen molar-refractivity contribution in [3.63, 3.8) is 0 Å². The second kappa shape index (κ2) is 8.88. The van der Waals surface area contributed by atoms with Gasteiger partial charge in [-0.1, -0.05) is 6.92 Å². The van der Waals surface area contributed by atoms with Crippen LogP contribution in [0, 0.1) is 17.8 Å². The van der Waals surface area contributed by atoms with Gasteiger partial charge in [-0.3, -0.25) is 6.42 Å². The summed E-state index contributed by atoms with van der Waals surface area (Å²) in [6, 6.07) is 1.89. The Hall–Kier alpha value is -0.0426. The van der Waals surface area contributed by atoms with Crippen molar-refractivity contribution in [3.8, 4) is 6.07 Å². The van der Waals surface area contributed by atoms with E-state index in [1.54, 1.807) is 6.42 Å². The number of nitrogens with zero attached hydrogens (tertiary/aromatic N) is 1. The molecule has 0 amide bonds. The minimum Gasteiger partial charge on any atom is -0.291 e. The summed E-state index contributed by atoms with van der Waals surface area (Å²) in [5, 5.41) is 7.76. The molecule has 6 heavy (non-hydrogen) atoms. The van der Waals surface area contributed by atoms with Gasteiger partial charge in [0, 0.05) is 0 Å². The van der Waals surface area contributed by atoms with E-state index in [2.05, 4.69) is 0 Å². The predicted molar refractivity (Wildman–Crippen MR) is 20.2 cm³/mol. The van der Waals surface area contributed by atoms with Gasteiger partial charge in [0.05, 0.1) is 0 Å². The van der Waals surface area contributed by atoms with Crippen LogP contribution in [0.2, 0.25) is 0 Å². The van der Waals surface area contributed by atoms with Crippen molar-refractivity contribution in [1.29, 1.82) is 5.26 Å². The van der Waals surface area contributed by atoms with E-state index >= 15 is 0 Å². The van der Waals surface area contributed by atoms with Crippen LogP contribution in [0.1, 0.15) is 13.3 Å². The van der Waals surface area contributed by atoms with Gasteiger partial charge < -0.3 is 0 Å². The standard InChI is InChI=1S/C4H6N.Li/c1-2-3-4-5;/h3H,2H2,1H3;/q-1;+1. The second-order valence-corrected chi connectivity index (χ2v) is 0.741. The van der Waals surface area contributed by atoms with Crippen molar-refractivity contribution < 1.29 is 18.9 Å². The first kappa shape index (κ1) is 9.35. The van der Waals surface area contributed by atoms with Gasteiger partial charge in [0.15, 0.2) is 0 Å². The van der Waals surface area contributed by atoms with Crippen molar-refractivity contribution in [1.82, 2.24) is 0 Å². The van der Waals surface area contributed by atoms with E-state index in [1.807, 2.05) is 13.0 Å². The van der Waals surface area contributed by atoms with E-state index in [9.17, 15) is 0 Å². The fourth-order valence-electron chi connectivity index (χ4n) is 0.0913. The van der Waals surface area contributed by atoms with Gasteiger partial charge in [-0.15, -0.1) is 6.07 Å². The fourth-order valence-corrected chi connectivity index (χ4v) is 0.0913. The zero-order valence-corrected chi connectivity index (χ0v) is 4.23. The zero-order chi connectivity index (χ0) is 4.12. The van der Waals surface area contributed by atoms with Crippen molar-refractivity contribution in [2.24, 2.45) is 0 Å². The molecule has 2 heteroatoms. The topological polar surface area (TPSA) is 23.8 Å². The third kappa shape index (κ3) is 9.03. The minimum absolute atomic E-state index is 0. The maximum absolute atomic E-state index is 7.76. The maximum atomic E-state index is 7.76. The molecule has 28 valence electrons. The molecule has 0 aliphatic rings. The molecule has 0 aromatic carbocycles. The van der Waals surface area contributed by atoms with E-state index in [1.165, 1.54) is 0 Å². The normalized spacial score (nSPS) is 4.67. The van der Waals surface area contributed by atoms with Crippen LogP contribution in [0.15, 0.2) is 0 Å². The van der Waals surface area contributed by atoms with Crippen LogP contribution in [0.5, 0.6) is 0 Å². The minimum atomic E-state index is 0. The summed E-state index contributed by atoms with van der Waals surface area (Å²) < 4.78 is 0. The van der Waals surface area contributed by atoms with E-state index in [-0.39, 0.29) is 18.9 Å². The van der Waals surface area contributed by atoms with Crippen LogP contribution < -0.4 is 18.9 Å². The molecule has 0 heterocycles. The average molecular weight is 75.0 g/mol. The summed E-state index contributed by atoms with van der Waals surface area (Å²) in [5.41, 5.74) is 0. The molecular weight excluding hydrogens is 69.0 g/mol. The van der Waals surface area contributed by atoms with Gasteiger partial charge in [-0.25, -0.2) is 5.26 Å².